The first kappa shape index (κ1) is 22.2. The summed E-state index contributed by atoms with van der Waals surface area (Å²) in [5.41, 5.74) is 0.141. The minimum Gasteiger partial charge on any atom is -0.489 e. The average molecular weight is 423 g/mol. The van der Waals surface area contributed by atoms with Gasteiger partial charge in [0.15, 0.2) is 5.96 Å². The summed E-state index contributed by atoms with van der Waals surface area (Å²) in [4.78, 5) is 7.62. The van der Waals surface area contributed by atoms with Crippen LogP contribution in [0.25, 0.3) is 0 Å². The van der Waals surface area contributed by atoms with Crippen LogP contribution < -0.4 is 15.4 Å². The van der Waals surface area contributed by atoms with Crippen molar-refractivity contribution in [3.8, 4) is 5.75 Å². The predicted octanol–water partition coefficient (Wildman–Crippen LogP) is 3.31. The van der Waals surface area contributed by atoms with E-state index in [-0.39, 0.29) is 11.6 Å². The molecule has 1 aromatic carbocycles. The van der Waals surface area contributed by atoms with Crippen molar-refractivity contribution in [1.29, 1.82) is 0 Å². The summed E-state index contributed by atoms with van der Waals surface area (Å²) in [6.45, 7) is 10.5. The Hall–Kier alpha value is -1.50. The maximum Gasteiger partial charge on any atom is 0.191 e. The second-order valence-electron chi connectivity index (χ2n) is 7.99. The number of ether oxygens (including phenoxy) is 2. The molecule has 3 rings (SSSR count). The Morgan fingerprint density at radius 3 is 2.55 bits per heavy atom. The van der Waals surface area contributed by atoms with Crippen LogP contribution in [0.2, 0.25) is 5.02 Å². The average Bonchev–Trinajstić information content (AvgIpc) is 3.28. The lowest BCUT2D eigenvalue weighted by Gasteiger charge is -2.43. The first-order chi connectivity index (χ1) is 14.1. The van der Waals surface area contributed by atoms with Crippen molar-refractivity contribution in [1.82, 2.24) is 15.5 Å². The molecule has 0 spiro atoms. The van der Waals surface area contributed by atoms with Gasteiger partial charge < -0.3 is 20.1 Å². The Bertz CT molecular complexity index is 641. The van der Waals surface area contributed by atoms with Gasteiger partial charge in [-0.25, -0.2) is 0 Å². The lowest BCUT2D eigenvalue weighted by molar-refractivity contribution is -0.0139. The van der Waals surface area contributed by atoms with E-state index >= 15 is 0 Å². The first-order valence-electron chi connectivity index (χ1n) is 10.9. The summed E-state index contributed by atoms with van der Waals surface area (Å²) in [6.07, 6.45) is 4.72. The molecule has 0 aliphatic carbocycles. The minimum absolute atomic E-state index is 0.00987. The highest BCUT2D eigenvalue weighted by molar-refractivity contribution is 6.30. The molecule has 0 amide bonds. The van der Waals surface area contributed by atoms with Gasteiger partial charge in [0, 0.05) is 30.3 Å². The molecule has 2 aliphatic heterocycles. The van der Waals surface area contributed by atoms with E-state index < -0.39 is 0 Å². The van der Waals surface area contributed by atoms with Crippen molar-refractivity contribution in [2.75, 3.05) is 45.9 Å². The summed E-state index contributed by atoms with van der Waals surface area (Å²) in [5, 5.41) is 7.52. The molecular weight excluding hydrogens is 388 g/mol. The number of hydrogen-bond donors (Lipinski definition) is 2. The third-order valence-electron chi connectivity index (χ3n) is 5.78. The normalized spacial score (nSPS) is 21.0. The maximum atomic E-state index is 5.96. The van der Waals surface area contributed by atoms with Gasteiger partial charge >= 0.3 is 0 Å². The maximum absolute atomic E-state index is 5.96. The van der Waals surface area contributed by atoms with Crippen LogP contribution in [-0.2, 0) is 4.74 Å². The van der Waals surface area contributed by atoms with Gasteiger partial charge in [-0.1, -0.05) is 11.6 Å². The van der Waals surface area contributed by atoms with Crippen LogP contribution in [0.3, 0.4) is 0 Å². The number of rotatable bonds is 8. The molecular formula is C22H35ClN4O2. The summed E-state index contributed by atoms with van der Waals surface area (Å²) in [7, 11) is 0. The Morgan fingerprint density at radius 2 is 1.90 bits per heavy atom. The number of nitrogens with one attached hydrogen (secondary N) is 2. The number of hydrogen-bond acceptors (Lipinski definition) is 4. The van der Waals surface area contributed by atoms with Gasteiger partial charge in [-0.05, 0) is 76.9 Å². The van der Waals surface area contributed by atoms with Gasteiger partial charge in [-0.3, -0.25) is 9.89 Å². The fourth-order valence-corrected chi connectivity index (χ4v) is 4.24. The van der Waals surface area contributed by atoms with E-state index in [1.165, 1.54) is 25.9 Å². The molecule has 0 bridgehead atoms. The molecule has 162 valence electrons. The number of nitrogens with zero attached hydrogens (tertiary/aromatic N) is 2. The van der Waals surface area contributed by atoms with Gasteiger partial charge in [-0.2, -0.15) is 0 Å². The van der Waals surface area contributed by atoms with Crippen LogP contribution in [0.1, 0.15) is 39.5 Å². The Balaban J connectivity index is 1.57. The molecule has 0 aromatic heterocycles. The number of benzene rings is 1. The Kier molecular flexibility index (Phi) is 8.45. The van der Waals surface area contributed by atoms with Crippen molar-refractivity contribution in [2.24, 2.45) is 4.99 Å². The zero-order valence-electron chi connectivity index (χ0n) is 17.8. The zero-order valence-corrected chi connectivity index (χ0v) is 18.5. The van der Waals surface area contributed by atoms with Crippen LogP contribution in [0.4, 0.5) is 0 Å². The van der Waals surface area contributed by atoms with Crippen molar-refractivity contribution in [2.45, 2.75) is 51.2 Å². The molecule has 0 saturated carbocycles. The molecule has 2 fully saturated rings. The molecule has 6 nitrogen and oxygen atoms in total. The highest BCUT2D eigenvalue weighted by atomic mass is 35.5. The number of likely N-dealkylation sites (tertiary alicyclic amines) is 1. The minimum atomic E-state index is 0.00987. The quantitative estimate of drug-likeness (QED) is 0.497. The molecule has 29 heavy (non-hydrogen) atoms. The van der Waals surface area contributed by atoms with E-state index in [4.69, 9.17) is 26.1 Å². The highest BCUT2D eigenvalue weighted by Gasteiger charge is 2.39. The van der Waals surface area contributed by atoms with Crippen molar-refractivity contribution in [3.05, 3.63) is 29.3 Å². The van der Waals surface area contributed by atoms with Crippen LogP contribution >= 0.6 is 11.6 Å². The smallest absolute Gasteiger partial charge is 0.191 e. The molecule has 1 atom stereocenters. The molecule has 0 radical (unpaired) electrons. The van der Waals surface area contributed by atoms with E-state index in [0.29, 0.717) is 11.6 Å². The van der Waals surface area contributed by atoms with Crippen LogP contribution in [0.5, 0.6) is 5.75 Å². The van der Waals surface area contributed by atoms with Gasteiger partial charge in [0.25, 0.3) is 0 Å². The Morgan fingerprint density at radius 1 is 1.21 bits per heavy atom. The monoisotopic (exact) mass is 422 g/mol. The second kappa shape index (κ2) is 11.0. The third kappa shape index (κ3) is 6.49. The van der Waals surface area contributed by atoms with Crippen molar-refractivity contribution >= 4 is 17.6 Å². The van der Waals surface area contributed by atoms with E-state index in [9.17, 15) is 0 Å². The number of aliphatic imine (C=N–C) groups is 1. The van der Waals surface area contributed by atoms with Crippen LogP contribution in [0.15, 0.2) is 29.3 Å². The molecule has 7 heteroatoms. The zero-order chi connectivity index (χ0) is 20.5. The van der Waals surface area contributed by atoms with Crippen molar-refractivity contribution in [3.63, 3.8) is 0 Å². The molecule has 2 saturated heterocycles. The SMILES string of the molecule is CCNC(=NCC1(N2CCCC2)CCOCC1)NCC(C)Oc1ccc(Cl)cc1. The predicted molar refractivity (Wildman–Crippen MR) is 119 cm³/mol. The standard InChI is InChI=1S/C22H35ClN4O2/c1-3-24-21(25-16-18(2)29-20-8-6-19(23)7-9-20)26-17-22(10-14-28-15-11-22)27-12-4-5-13-27/h6-9,18H,3-5,10-17H2,1-2H3,(H2,24,25,26). The van der Waals surface area contributed by atoms with Gasteiger partial charge in [0.2, 0.25) is 0 Å². The summed E-state index contributed by atoms with van der Waals surface area (Å²) in [5.74, 6) is 1.67. The fourth-order valence-electron chi connectivity index (χ4n) is 4.11. The molecule has 2 aliphatic rings. The first-order valence-corrected chi connectivity index (χ1v) is 11.3. The van der Waals surface area contributed by atoms with E-state index in [1.807, 2.05) is 24.3 Å². The summed E-state index contributed by atoms with van der Waals surface area (Å²) in [6, 6.07) is 7.47. The van der Waals surface area contributed by atoms with E-state index in [0.717, 1.165) is 50.9 Å². The van der Waals surface area contributed by atoms with Crippen LogP contribution in [-0.4, -0.2) is 68.4 Å². The molecule has 2 N–H and O–H groups in total. The van der Waals surface area contributed by atoms with Crippen molar-refractivity contribution < 1.29 is 9.47 Å². The molecule has 2 heterocycles. The summed E-state index contributed by atoms with van der Waals surface area (Å²) >= 11 is 5.94. The van der Waals surface area contributed by atoms with E-state index in [1.54, 1.807) is 0 Å². The van der Waals surface area contributed by atoms with E-state index in [2.05, 4.69) is 29.4 Å². The summed E-state index contributed by atoms with van der Waals surface area (Å²) < 4.78 is 11.6. The lowest BCUT2D eigenvalue weighted by atomic mass is 9.88. The fraction of sp³-hybridized carbons (Fsp3) is 0.682. The van der Waals surface area contributed by atoms with Crippen LogP contribution in [0, 0.1) is 0 Å². The molecule has 1 unspecified atom stereocenters. The van der Waals surface area contributed by atoms with Gasteiger partial charge in [0.1, 0.15) is 11.9 Å². The lowest BCUT2D eigenvalue weighted by Crippen LogP contribution is -2.54. The molecule has 1 aromatic rings. The number of guanidine groups is 1. The highest BCUT2D eigenvalue weighted by Crippen LogP contribution is 2.31. The second-order valence-corrected chi connectivity index (χ2v) is 8.43. The Labute approximate surface area is 180 Å². The van der Waals surface area contributed by atoms with Gasteiger partial charge in [0.05, 0.1) is 13.1 Å². The number of halogens is 1. The largest absolute Gasteiger partial charge is 0.489 e. The topological polar surface area (TPSA) is 58.1 Å². The van der Waals surface area contributed by atoms with Gasteiger partial charge in [-0.15, -0.1) is 0 Å². The third-order valence-corrected chi connectivity index (χ3v) is 6.04.